The molecule has 0 aliphatic rings. The van der Waals surface area contributed by atoms with Crippen molar-refractivity contribution in [3.8, 4) is 5.75 Å². The highest BCUT2D eigenvalue weighted by Gasteiger charge is 2.07. The van der Waals surface area contributed by atoms with Crippen molar-refractivity contribution in [3.63, 3.8) is 0 Å². The summed E-state index contributed by atoms with van der Waals surface area (Å²) in [5, 5.41) is 0. The normalized spacial score (nSPS) is 12.4. The SMILES string of the molecule is COc1cccc([C@@H](C)CCc2ccc[nH]2)c1. The zero-order valence-corrected chi connectivity index (χ0v) is 10.4. The van der Waals surface area contributed by atoms with E-state index < -0.39 is 0 Å². The quantitative estimate of drug-likeness (QED) is 0.829. The van der Waals surface area contributed by atoms with Gasteiger partial charge in [-0.25, -0.2) is 0 Å². The third-order valence-electron chi connectivity index (χ3n) is 3.17. The van der Waals surface area contributed by atoms with Crippen LogP contribution in [0.2, 0.25) is 0 Å². The first-order valence-electron chi connectivity index (χ1n) is 6.06. The minimum absolute atomic E-state index is 0.549. The molecule has 0 bridgehead atoms. The second-order valence-corrected chi connectivity index (χ2v) is 4.41. The van der Waals surface area contributed by atoms with Crippen LogP contribution in [0.5, 0.6) is 5.75 Å². The monoisotopic (exact) mass is 229 g/mol. The van der Waals surface area contributed by atoms with Crippen LogP contribution in [0.25, 0.3) is 0 Å². The Morgan fingerprint density at radius 2 is 2.12 bits per heavy atom. The number of hydrogen-bond acceptors (Lipinski definition) is 1. The lowest BCUT2D eigenvalue weighted by Crippen LogP contribution is -1.97. The van der Waals surface area contributed by atoms with E-state index in [9.17, 15) is 0 Å². The average molecular weight is 229 g/mol. The molecule has 0 amide bonds. The van der Waals surface area contributed by atoms with Crippen molar-refractivity contribution in [1.82, 2.24) is 4.98 Å². The lowest BCUT2D eigenvalue weighted by molar-refractivity contribution is 0.413. The lowest BCUT2D eigenvalue weighted by Gasteiger charge is -2.12. The summed E-state index contributed by atoms with van der Waals surface area (Å²) in [7, 11) is 1.71. The summed E-state index contributed by atoms with van der Waals surface area (Å²) >= 11 is 0. The average Bonchev–Trinajstić information content (AvgIpc) is 2.89. The Bertz CT molecular complexity index is 448. The van der Waals surface area contributed by atoms with E-state index in [4.69, 9.17) is 4.74 Å². The summed E-state index contributed by atoms with van der Waals surface area (Å²) in [5.41, 5.74) is 2.65. The fraction of sp³-hybridized carbons (Fsp3) is 0.333. The molecular weight excluding hydrogens is 210 g/mol. The molecule has 1 N–H and O–H groups in total. The summed E-state index contributed by atoms with van der Waals surface area (Å²) < 4.78 is 5.25. The second kappa shape index (κ2) is 5.58. The molecular formula is C15H19NO. The van der Waals surface area contributed by atoms with Gasteiger partial charge in [-0.15, -0.1) is 0 Å². The number of H-pyrrole nitrogens is 1. The number of nitrogens with one attached hydrogen (secondary N) is 1. The van der Waals surface area contributed by atoms with Gasteiger partial charge in [0, 0.05) is 11.9 Å². The molecule has 17 heavy (non-hydrogen) atoms. The summed E-state index contributed by atoms with van der Waals surface area (Å²) in [5.74, 6) is 1.49. The number of ether oxygens (including phenoxy) is 1. The molecule has 0 fully saturated rings. The van der Waals surface area contributed by atoms with Crippen LogP contribution in [0.1, 0.15) is 30.5 Å². The van der Waals surface area contributed by atoms with Gasteiger partial charge in [0.1, 0.15) is 5.75 Å². The van der Waals surface area contributed by atoms with E-state index in [0.717, 1.165) is 18.6 Å². The van der Waals surface area contributed by atoms with E-state index in [1.807, 2.05) is 18.3 Å². The van der Waals surface area contributed by atoms with Gasteiger partial charge in [0.2, 0.25) is 0 Å². The molecule has 2 nitrogen and oxygen atoms in total. The first kappa shape index (κ1) is 11.8. The Morgan fingerprint density at radius 1 is 1.24 bits per heavy atom. The number of aromatic amines is 1. The summed E-state index contributed by atoms with van der Waals surface area (Å²) in [4.78, 5) is 3.24. The molecule has 2 rings (SSSR count). The minimum atomic E-state index is 0.549. The van der Waals surface area contributed by atoms with Gasteiger partial charge >= 0.3 is 0 Å². The molecule has 1 heterocycles. The van der Waals surface area contributed by atoms with Crippen molar-refractivity contribution in [2.45, 2.75) is 25.7 Å². The van der Waals surface area contributed by atoms with Gasteiger partial charge in [-0.3, -0.25) is 0 Å². The largest absolute Gasteiger partial charge is 0.497 e. The standard InChI is InChI=1S/C15H19NO/c1-12(8-9-14-6-4-10-16-14)13-5-3-7-15(11-13)17-2/h3-7,10-12,16H,8-9H2,1-2H3/t12-/m0/s1. The summed E-state index contributed by atoms with van der Waals surface area (Å²) in [6.07, 6.45) is 4.21. The van der Waals surface area contributed by atoms with Gasteiger partial charge in [0.25, 0.3) is 0 Å². The first-order chi connectivity index (χ1) is 8.29. The molecule has 0 aliphatic carbocycles. The zero-order chi connectivity index (χ0) is 12.1. The Labute approximate surface area is 103 Å². The number of hydrogen-bond donors (Lipinski definition) is 1. The predicted molar refractivity (Wildman–Crippen MR) is 70.5 cm³/mol. The van der Waals surface area contributed by atoms with Crippen LogP contribution in [-0.2, 0) is 6.42 Å². The molecule has 0 saturated carbocycles. The van der Waals surface area contributed by atoms with Crippen LogP contribution >= 0.6 is 0 Å². The smallest absolute Gasteiger partial charge is 0.119 e. The molecule has 1 aromatic carbocycles. The molecule has 2 heteroatoms. The molecule has 90 valence electrons. The number of methoxy groups -OCH3 is 1. The van der Waals surface area contributed by atoms with Crippen LogP contribution in [0.3, 0.4) is 0 Å². The van der Waals surface area contributed by atoms with E-state index in [1.165, 1.54) is 11.3 Å². The van der Waals surface area contributed by atoms with Crippen LogP contribution < -0.4 is 4.74 Å². The van der Waals surface area contributed by atoms with Gasteiger partial charge in [-0.1, -0.05) is 19.1 Å². The van der Waals surface area contributed by atoms with Crippen molar-refractivity contribution in [1.29, 1.82) is 0 Å². The molecule has 0 unspecified atom stereocenters. The van der Waals surface area contributed by atoms with Crippen molar-refractivity contribution in [2.75, 3.05) is 7.11 Å². The Morgan fingerprint density at radius 3 is 2.82 bits per heavy atom. The van der Waals surface area contributed by atoms with Crippen molar-refractivity contribution >= 4 is 0 Å². The zero-order valence-electron chi connectivity index (χ0n) is 10.4. The van der Waals surface area contributed by atoms with Gasteiger partial charge < -0.3 is 9.72 Å². The van der Waals surface area contributed by atoms with E-state index in [2.05, 4.69) is 36.2 Å². The van der Waals surface area contributed by atoms with E-state index >= 15 is 0 Å². The highest BCUT2D eigenvalue weighted by atomic mass is 16.5. The maximum atomic E-state index is 5.25. The Kier molecular flexibility index (Phi) is 3.86. The Hall–Kier alpha value is -1.70. The van der Waals surface area contributed by atoms with Crippen molar-refractivity contribution in [3.05, 3.63) is 53.9 Å². The second-order valence-electron chi connectivity index (χ2n) is 4.41. The molecule has 0 aliphatic heterocycles. The number of benzene rings is 1. The topological polar surface area (TPSA) is 25.0 Å². The lowest BCUT2D eigenvalue weighted by atomic mass is 9.95. The Balaban J connectivity index is 1.96. The maximum absolute atomic E-state index is 5.25. The third kappa shape index (κ3) is 3.13. The molecule has 1 atom stereocenters. The highest BCUT2D eigenvalue weighted by molar-refractivity contribution is 5.30. The highest BCUT2D eigenvalue weighted by Crippen LogP contribution is 2.24. The fourth-order valence-electron chi connectivity index (χ4n) is 2.01. The molecule has 0 spiro atoms. The fourth-order valence-corrected chi connectivity index (χ4v) is 2.01. The van der Waals surface area contributed by atoms with Crippen molar-refractivity contribution < 1.29 is 4.74 Å². The van der Waals surface area contributed by atoms with Crippen LogP contribution in [-0.4, -0.2) is 12.1 Å². The van der Waals surface area contributed by atoms with Gasteiger partial charge in [0.15, 0.2) is 0 Å². The van der Waals surface area contributed by atoms with Gasteiger partial charge in [-0.2, -0.15) is 0 Å². The molecule has 2 aromatic rings. The molecule has 1 aromatic heterocycles. The first-order valence-corrected chi connectivity index (χ1v) is 6.06. The van der Waals surface area contributed by atoms with Crippen LogP contribution in [0.15, 0.2) is 42.6 Å². The van der Waals surface area contributed by atoms with Crippen LogP contribution in [0, 0.1) is 0 Å². The summed E-state index contributed by atoms with van der Waals surface area (Å²) in [6.45, 7) is 2.26. The van der Waals surface area contributed by atoms with E-state index in [1.54, 1.807) is 7.11 Å². The van der Waals surface area contributed by atoms with Crippen LogP contribution in [0.4, 0.5) is 0 Å². The van der Waals surface area contributed by atoms with Crippen molar-refractivity contribution in [2.24, 2.45) is 0 Å². The van der Waals surface area contributed by atoms with Gasteiger partial charge in [0.05, 0.1) is 7.11 Å². The number of aromatic nitrogens is 1. The van der Waals surface area contributed by atoms with E-state index in [-0.39, 0.29) is 0 Å². The van der Waals surface area contributed by atoms with Gasteiger partial charge in [-0.05, 0) is 48.6 Å². The third-order valence-corrected chi connectivity index (χ3v) is 3.17. The molecule has 0 radical (unpaired) electrons. The molecule has 0 saturated heterocycles. The number of aryl methyl sites for hydroxylation is 1. The number of rotatable bonds is 5. The van der Waals surface area contributed by atoms with E-state index in [0.29, 0.717) is 5.92 Å². The predicted octanol–water partition coefficient (Wildman–Crippen LogP) is 3.76. The minimum Gasteiger partial charge on any atom is -0.497 e. The summed E-state index contributed by atoms with van der Waals surface area (Å²) in [6, 6.07) is 12.5. The maximum Gasteiger partial charge on any atom is 0.119 e.